The summed E-state index contributed by atoms with van der Waals surface area (Å²) in [5, 5.41) is 13.7. The normalized spacial score (nSPS) is 11.7. The van der Waals surface area contributed by atoms with Crippen molar-refractivity contribution in [2.24, 2.45) is 0 Å². The zero-order valence-corrected chi connectivity index (χ0v) is 16.3. The maximum Gasteiger partial charge on any atom is 0.287 e. The van der Waals surface area contributed by atoms with Crippen molar-refractivity contribution in [1.82, 2.24) is 5.32 Å². The fraction of sp³-hybridized carbons (Fsp3) is 0.227. The molecule has 1 heterocycles. The van der Waals surface area contributed by atoms with E-state index in [0.29, 0.717) is 11.5 Å². The molecule has 7 nitrogen and oxygen atoms in total. The molecular formula is C22H22N2O5. The summed E-state index contributed by atoms with van der Waals surface area (Å²) < 4.78 is 11.1. The lowest BCUT2D eigenvalue weighted by molar-refractivity contribution is -0.384. The number of nitro groups is 1. The van der Waals surface area contributed by atoms with E-state index in [2.05, 4.69) is 5.32 Å². The average molecular weight is 394 g/mol. The predicted octanol–water partition coefficient (Wildman–Crippen LogP) is 4.96. The topological polar surface area (TPSA) is 94.6 Å². The van der Waals surface area contributed by atoms with E-state index in [4.69, 9.17) is 9.15 Å². The highest BCUT2D eigenvalue weighted by molar-refractivity contribution is 5.91. The number of nitrogens with one attached hydrogen (secondary N) is 1. The number of nitro benzene ring substituents is 1. The number of aryl methyl sites for hydroxylation is 1. The minimum absolute atomic E-state index is 0.00615. The molecular weight excluding hydrogens is 372 g/mol. The lowest BCUT2D eigenvalue weighted by Gasteiger charge is -2.17. The van der Waals surface area contributed by atoms with E-state index in [1.807, 2.05) is 38.1 Å². The van der Waals surface area contributed by atoms with Gasteiger partial charge < -0.3 is 14.5 Å². The lowest BCUT2D eigenvalue weighted by atomic mass is 10.0. The second-order valence-electron chi connectivity index (χ2n) is 6.65. The number of nitrogens with zero attached hydrogens (tertiary/aromatic N) is 1. The van der Waals surface area contributed by atoms with Gasteiger partial charge in [-0.05, 0) is 43.2 Å². The van der Waals surface area contributed by atoms with Crippen LogP contribution in [-0.2, 0) is 6.61 Å². The smallest absolute Gasteiger partial charge is 0.287 e. The summed E-state index contributed by atoms with van der Waals surface area (Å²) in [5.41, 5.74) is 2.20. The van der Waals surface area contributed by atoms with Gasteiger partial charge in [0.15, 0.2) is 5.76 Å². The van der Waals surface area contributed by atoms with E-state index in [1.54, 1.807) is 12.1 Å². The molecule has 1 aromatic heterocycles. The predicted molar refractivity (Wildman–Crippen MR) is 108 cm³/mol. The van der Waals surface area contributed by atoms with Gasteiger partial charge in [0.25, 0.3) is 11.6 Å². The monoisotopic (exact) mass is 394 g/mol. The number of amides is 1. The highest BCUT2D eigenvalue weighted by atomic mass is 16.6. The maximum absolute atomic E-state index is 12.5. The van der Waals surface area contributed by atoms with Gasteiger partial charge in [-0.15, -0.1) is 0 Å². The Morgan fingerprint density at radius 2 is 1.79 bits per heavy atom. The van der Waals surface area contributed by atoms with Crippen molar-refractivity contribution in [3.05, 3.63) is 93.4 Å². The third-order valence-electron chi connectivity index (χ3n) is 4.51. The van der Waals surface area contributed by atoms with E-state index in [-0.39, 0.29) is 30.0 Å². The molecule has 0 aliphatic rings. The second-order valence-corrected chi connectivity index (χ2v) is 6.65. The number of carbonyl (C=O) groups is 1. The van der Waals surface area contributed by atoms with Gasteiger partial charge in [-0.3, -0.25) is 14.9 Å². The van der Waals surface area contributed by atoms with Crippen molar-refractivity contribution in [3.8, 4) is 5.75 Å². The van der Waals surface area contributed by atoms with Gasteiger partial charge in [0.2, 0.25) is 0 Å². The van der Waals surface area contributed by atoms with Crippen molar-refractivity contribution in [1.29, 1.82) is 0 Å². The molecule has 0 saturated heterocycles. The Bertz CT molecular complexity index is 977. The summed E-state index contributed by atoms with van der Waals surface area (Å²) in [4.78, 5) is 22.7. The van der Waals surface area contributed by atoms with E-state index < -0.39 is 4.92 Å². The zero-order chi connectivity index (χ0) is 20.8. The molecule has 1 unspecified atom stereocenters. The zero-order valence-electron chi connectivity index (χ0n) is 16.3. The Labute approximate surface area is 168 Å². The van der Waals surface area contributed by atoms with Crippen LogP contribution in [0.2, 0.25) is 0 Å². The standard InChI is InChI=1S/C22H22N2O5/c1-3-20(16-6-4-15(2)5-7-16)23-22(25)21-13-12-19(29-21)14-28-18-10-8-17(9-11-18)24(26)27/h4-13,20H,3,14H2,1-2H3,(H,23,25). The second kappa shape index (κ2) is 9.05. The van der Waals surface area contributed by atoms with Crippen LogP contribution in [0.5, 0.6) is 5.75 Å². The average Bonchev–Trinajstić information content (AvgIpc) is 3.20. The molecule has 1 atom stereocenters. The van der Waals surface area contributed by atoms with Crippen LogP contribution in [0.1, 0.15) is 46.8 Å². The highest BCUT2D eigenvalue weighted by Crippen LogP contribution is 2.20. The first-order valence-corrected chi connectivity index (χ1v) is 9.29. The summed E-state index contributed by atoms with van der Waals surface area (Å²) in [6, 6.07) is 17.0. The van der Waals surface area contributed by atoms with Gasteiger partial charge in [-0.2, -0.15) is 0 Å². The molecule has 2 aromatic carbocycles. The minimum atomic E-state index is -0.471. The molecule has 0 aliphatic carbocycles. The van der Waals surface area contributed by atoms with E-state index in [9.17, 15) is 14.9 Å². The molecule has 3 aromatic rings. The molecule has 0 radical (unpaired) electrons. The number of furan rings is 1. The van der Waals surface area contributed by atoms with Crippen LogP contribution >= 0.6 is 0 Å². The first-order valence-electron chi connectivity index (χ1n) is 9.29. The summed E-state index contributed by atoms with van der Waals surface area (Å²) in [6.07, 6.45) is 0.756. The molecule has 0 bridgehead atoms. The molecule has 29 heavy (non-hydrogen) atoms. The Hall–Kier alpha value is -3.61. The number of hydrogen-bond acceptors (Lipinski definition) is 5. The number of ether oxygens (including phenoxy) is 1. The first kappa shape index (κ1) is 20.1. The molecule has 0 fully saturated rings. The summed E-state index contributed by atoms with van der Waals surface area (Å²) in [5.74, 6) is 0.872. The van der Waals surface area contributed by atoms with Crippen LogP contribution in [-0.4, -0.2) is 10.8 Å². The number of hydrogen-bond donors (Lipinski definition) is 1. The summed E-state index contributed by atoms with van der Waals surface area (Å²) in [7, 11) is 0. The molecule has 0 spiro atoms. The van der Waals surface area contributed by atoms with Crippen molar-refractivity contribution >= 4 is 11.6 Å². The van der Waals surface area contributed by atoms with Gasteiger partial charge in [-0.25, -0.2) is 0 Å². The number of non-ortho nitro benzene ring substituents is 1. The Kier molecular flexibility index (Phi) is 6.29. The van der Waals surface area contributed by atoms with Crippen LogP contribution in [0.3, 0.4) is 0 Å². The van der Waals surface area contributed by atoms with Gasteiger partial charge >= 0.3 is 0 Å². The molecule has 150 valence electrons. The van der Waals surface area contributed by atoms with Crippen LogP contribution in [0.4, 0.5) is 5.69 Å². The highest BCUT2D eigenvalue weighted by Gasteiger charge is 2.17. The van der Waals surface area contributed by atoms with Gasteiger partial charge in [0.1, 0.15) is 18.1 Å². The lowest BCUT2D eigenvalue weighted by Crippen LogP contribution is -2.27. The summed E-state index contributed by atoms with van der Waals surface area (Å²) in [6.45, 7) is 4.14. The fourth-order valence-corrected chi connectivity index (χ4v) is 2.85. The number of benzene rings is 2. The molecule has 1 amide bonds. The molecule has 0 aliphatic heterocycles. The third-order valence-corrected chi connectivity index (χ3v) is 4.51. The Morgan fingerprint density at radius 1 is 1.10 bits per heavy atom. The van der Waals surface area contributed by atoms with Crippen molar-refractivity contribution in [2.45, 2.75) is 32.9 Å². The number of rotatable bonds is 8. The van der Waals surface area contributed by atoms with Crippen LogP contribution in [0, 0.1) is 17.0 Å². The molecule has 7 heteroatoms. The third kappa shape index (κ3) is 5.22. The molecule has 1 N–H and O–H groups in total. The Balaban J connectivity index is 1.58. The van der Waals surface area contributed by atoms with Crippen LogP contribution in [0.25, 0.3) is 0 Å². The van der Waals surface area contributed by atoms with Gasteiger partial charge in [-0.1, -0.05) is 36.8 Å². The van der Waals surface area contributed by atoms with Gasteiger partial charge in [0, 0.05) is 12.1 Å². The molecule has 3 rings (SSSR count). The van der Waals surface area contributed by atoms with Crippen molar-refractivity contribution < 1.29 is 18.9 Å². The Morgan fingerprint density at radius 3 is 2.41 bits per heavy atom. The minimum Gasteiger partial charge on any atom is -0.486 e. The van der Waals surface area contributed by atoms with E-state index in [0.717, 1.165) is 12.0 Å². The van der Waals surface area contributed by atoms with Gasteiger partial charge in [0.05, 0.1) is 11.0 Å². The van der Waals surface area contributed by atoms with E-state index in [1.165, 1.54) is 29.8 Å². The first-order chi connectivity index (χ1) is 14.0. The van der Waals surface area contributed by atoms with Crippen LogP contribution < -0.4 is 10.1 Å². The largest absolute Gasteiger partial charge is 0.486 e. The SMILES string of the molecule is CCC(NC(=O)c1ccc(COc2ccc([N+](=O)[O-])cc2)o1)c1ccc(C)cc1. The summed E-state index contributed by atoms with van der Waals surface area (Å²) >= 11 is 0. The van der Waals surface area contributed by atoms with Crippen molar-refractivity contribution in [3.63, 3.8) is 0 Å². The fourth-order valence-electron chi connectivity index (χ4n) is 2.85. The molecule has 0 saturated carbocycles. The quantitative estimate of drug-likeness (QED) is 0.431. The maximum atomic E-state index is 12.5. The van der Waals surface area contributed by atoms with Crippen LogP contribution in [0.15, 0.2) is 65.1 Å². The van der Waals surface area contributed by atoms with E-state index >= 15 is 0 Å². The van der Waals surface area contributed by atoms with Crippen molar-refractivity contribution in [2.75, 3.05) is 0 Å². The number of carbonyl (C=O) groups excluding carboxylic acids is 1.